The van der Waals surface area contributed by atoms with E-state index in [0.29, 0.717) is 10.9 Å². The van der Waals surface area contributed by atoms with Crippen LogP contribution in [0.2, 0.25) is 0 Å². The molecule has 2 saturated heterocycles. The lowest BCUT2D eigenvalue weighted by atomic mass is 9.72. The molecule has 0 aromatic heterocycles. The van der Waals surface area contributed by atoms with Gasteiger partial charge in [0, 0.05) is 0 Å². The Labute approximate surface area is 209 Å². The molecule has 0 radical (unpaired) electrons. The maximum Gasteiger partial charge on any atom is 0.495 e. The number of carbonyl (C=O) groups excluding carboxylic acids is 2. The van der Waals surface area contributed by atoms with E-state index in [1.165, 1.54) is 14.2 Å². The lowest BCUT2D eigenvalue weighted by molar-refractivity contribution is -0.150. The first-order valence-corrected chi connectivity index (χ1v) is 11.6. The Morgan fingerprint density at radius 1 is 0.611 bits per heavy atom. The normalized spacial score (nSPS) is 23.5. The molecule has 182 valence electrons. The van der Waals surface area contributed by atoms with Crippen molar-refractivity contribution in [2.75, 3.05) is 14.2 Å². The van der Waals surface area contributed by atoms with Gasteiger partial charge in [-0.15, -0.1) is 0 Å². The molecule has 3 aromatic carbocycles. The van der Waals surface area contributed by atoms with Crippen LogP contribution in [0.1, 0.15) is 23.3 Å². The highest BCUT2D eigenvalue weighted by molar-refractivity contribution is 6.66. The Morgan fingerprint density at radius 3 is 1.42 bits per heavy atom. The zero-order chi connectivity index (χ0) is 25.1. The van der Waals surface area contributed by atoms with Crippen LogP contribution in [0.15, 0.2) is 84.9 Å². The average Bonchev–Trinajstić information content (AvgIpc) is 3.59. The summed E-state index contributed by atoms with van der Waals surface area (Å²) in [5, 5.41) is 0. The van der Waals surface area contributed by atoms with Crippen molar-refractivity contribution in [2.24, 2.45) is 0 Å². The third kappa shape index (κ3) is 4.81. The van der Waals surface area contributed by atoms with Crippen LogP contribution in [0.3, 0.4) is 0 Å². The second-order valence-electron chi connectivity index (χ2n) is 8.43. The van der Waals surface area contributed by atoms with Crippen LogP contribution in [0.5, 0.6) is 0 Å². The summed E-state index contributed by atoms with van der Waals surface area (Å²) in [4.78, 5) is 24.9. The van der Waals surface area contributed by atoms with Crippen molar-refractivity contribution in [1.29, 1.82) is 0 Å². The molecule has 0 saturated carbocycles. The third-order valence-electron chi connectivity index (χ3n) is 6.21. The molecule has 3 aromatic rings. The van der Waals surface area contributed by atoms with Gasteiger partial charge in [0.15, 0.2) is 12.2 Å². The Bertz CT molecular complexity index is 1120. The molecule has 4 atom stereocenters. The average molecular weight is 486 g/mol. The van der Waals surface area contributed by atoms with E-state index in [9.17, 15) is 9.59 Å². The first-order chi connectivity index (χ1) is 17.6. The van der Waals surface area contributed by atoms with Crippen molar-refractivity contribution in [3.8, 4) is 0 Å². The van der Waals surface area contributed by atoms with E-state index < -0.39 is 50.6 Å². The minimum Gasteiger partial charge on any atom is -0.467 e. The summed E-state index contributed by atoms with van der Waals surface area (Å²) in [6, 6.07) is 26.1. The molecule has 0 amide bonds. The highest BCUT2D eigenvalue weighted by Crippen LogP contribution is 2.33. The van der Waals surface area contributed by atoms with E-state index in [2.05, 4.69) is 0 Å². The first kappa shape index (κ1) is 24.3. The van der Waals surface area contributed by atoms with Crippen molar-refractivity contribution in [3.63, 3.8) is 0 Å². The number of carbonyl (C=O) groups is 2. The highest BCUT2D eigenvalue weighted by atomic mass is 16.7. The van der Waals surface area contributed by atoms with E-state index >= 15 is 0 Å². The van der Waals surface area contributed by atoms with Crippen LogP contribution in [-0.2, 0) is 37.7 Å². The van der Waals surface area contributed by atoms with Crippen molar-refractivity contribution in [2.45, 2.75) is 24.4 Å². The van der Waals surface area contributed by atoms with Crippen molar-refractivity contribution >= 4 is 37.1 Å². The summed E-state index contributed by atoms with van der Waals surface area (Å²) in [5.41, 5.74) is 2.95. The Morgan fingerprint density at radius 2 is 1.03 bits per heavy atom. The fourth-order valence-electron chi connectivity index (χ4n) is 4.43. The molecule has 2 fully saturated rings. The number of ether oxygens (including phenoxy) is 2. The highest BCUT2D eigenvalue weighted by Gasteiger charge is 2.48. The molecule has 0 aliphatic carbocycles. The fraction of sp³-hybridized carbons (Fsp3) is 0.231. The Balaban J connectivity index is 1.39. The van der Waals surface area contributed by atoms with Gasteiger partial charge in [-0.05, 0) is 22.1 Å². The molecule has 0 spiro atoms. The third-order valence-corrected chi connectivity index (χ3v) is 6.21. The second-order valence-corrected chi connectivity index (χ2v) is 8.43. The molecular formula is C26H24B2O8. The minimum absolute atomic E-state index is 0.517. The number of hydrogen-bond donors (Lipinski definition) is 0. The van der Waals surface area contributed by atoms with Crippen molar-refractivity contribution < 1.29 is 37.7 Å². The Hall–Kier alpha value is -3.43. The number of hydrogen-bond acceptors (Lipinski definition) is 8. The topological polar surface area (TPSA) is 89.5 Å². The van der Waals surface area contributed by atoms with Crippen LogP contribution in [-0.4, -0.2) is 52.6 Å². The molecule has 2 aliphatic rings. The van der Waals surface area contributed by atoms with Gasteiger partial charge >= 0.3 is 26.2 Å². The van der Waals surface area contributed by atoms with Crippen LogP contribution < -0.4 is 10.9 Å². The van der Waals surface area contributed by atoms with Crippen molar-refractivity contribution in [1.82, 2.24) is 0 Å². The smallest absolute Gasteiger partial charge is 0.467 e. The molecule has 36 heavy (non-hydrogen) atoms. The molecular weight excluding hydrogens is 462 g/mol. The quantitative estimate of drug-likeness (QED) is 0.385. The Kier molecular flexibility index (Phi) is 7.20. The van der Waals surface area contributed by atoms with E-state index in [1.807, 2.05) is 84.9 Å². The molecule has 5 rings (SSSR count). The minimum atomic E-state index is -0.920. The summed E-state index contributed by atoms with van der Waals surface area (Å²) in [6.45, 7) is 0. The van der Waals surface area contributed by atoms with Gasteiger partial charge in [-0.2, -0.15) is 0 Å². The lowest BCUT2D eigenvalue weighted by Gasteiger charge is -2.16. The van der Waals surface area contributed by atoms with E-state index in [0.717, 1.165) is 11.1 Å². The van der Waals surface area contributed by atoms with E-state index in [4.69, 9.17) is 28.1 Å². The largest absolute Gasteiger partial charge is 0.495 e. The van der Waals surface area contributed by atoms with E-state index in [-0.39, 0.29) is 0 Å². The van der Waals surface area contributed by atoms with Crippen LogP contribution in [0.25, 0.3) is 0 Å². The first-order valence-electron chi connectivity index (χ1n) is 11.6. The van der Waals surface area contributed by atoms with Crippen LogP contribution >= 0.6 is 0 Å². The van der Waals surface area contributed by atoms with Gasteiger partial charge in [-0.1, -0.05) is 84.9 Å². The molecule has 8 nitrogen and oxygen atoms in total. The van der Waals surface area contributed by atoms with Crippen molar-refractivity contribution in [3.05, 3.63) is 96.1 Å². The zero-order valence-corrected chi connectivity index (χ0v) is 19.8. The van der Waals surface area contributed by atoms with Gasteiger partial charge in [-0.25, -0.2) is 9.59 Å². The summed E-state index contributed by atoms with van der Waals surface area (Å²) in [7, 11) is 0.998. The summed E-state index contributed by atoms with van der Waals surface area (Å²) >= 11 is 0. The molecule has 2 aliphatic heterocycles. The second kappa shape index (κ2) is 10.7. The van der Waals surface area contributed by atoms with E-state index in [1.54, 1.807) is 0 Å². The molecule has 2 heterocycles. The standard InChI is InChI=1S/C26H24B2O8/c1-31-25(29)23-21(17-10-5-3-6-11-17)33-27(35-23)19-14-9-15-20(16-19)28-34-22(18-12-7-4-8-13-18)24(36-28)26(30)32-2/h3-16,21-24H,1-2H3/t21-,22+,23+,24-. The van der Waals surface area contributed by atoms with Gasteiger partial charge in [0.1, 0.15) is 12.2 Å². The van der Waals surface area contributed by atoms with Crippen LogP contribution in [0.4, 0.5) is 0 Å². The van der Waals surface area contributed by atoms with Gasteiger partial charge in [0.05, 0.1) is 14.2 Å². The predicted molar refractivity (Wildman–Crippen MR) is 132 cm³/mol. The predicted octanol–water partition coefficient (Wildman–Crippen LogP) is 1.74. The van der Waals surface area contributed by atoms with Gasteiger partial charge in [0.25, 0.3) is 0 Å². The van der Waals surface area contributed by atoms with Gasteiger partial charge in [0.2, 0.25) is 0 Å². The fourth-order valence-corrected chi connectivity index (χ4v) is 4.43. The zero-order valence-electron chi connectivity index (χ0n) is 19.8. The summed E-state index contributed by atoms with van der Waals surface area (Å²) < 4.78 is 34.2. The summed E-state index contributed by atoms with van der Waals surface area (Å²) in [5.74, 6) is -1.03. The number of rotatable bonds is 6. The van der Waals surface area contributed by atoms with Crippen LogP contribution in [0, 0.1) is 0 Å². The number of methoxy groups -OCH3 is 2. The maximum atomic E-state index is 12.4. The lowest BCUT2D eigenvalue weighted by Crippen LogP contribution is -2.40. The molecule has 0 bridgehead atoms. The molecule has 10 heteroatoms. The van der Waals surface area contributed by atoms with Gasteiger partial charge in [-0.3, -0.25) is 0 Å². The van der Waals surface area contributed by atoms with Gasteiger partial charge < -0.3 is 28.1 Å². The number of benzene rings is 3. The SMILES string of the molecule is COC(=O)[C@H]1OB(c2cccc(B3O[C@@H](C(=O)OC)[C@H](c4ccccc4)O3)c2)O[C@@H]1c1ccccc1. The molecule has 0 N–H and O–H groups in total. The maximum absolute atomic E-state index is 12.4. The monoisotopic (exact) mass is 486 g/mol. The molecule has 0 unspecified atom stereocenters. The number of esters is 2. The summed E-state index contributed by atoms with van der Waals surface area (Å²) in [6.07, 6.45) is -3.10.